The summed E-state index contributed by atoms with van der Waals surface area (Å²) in [4.78, 5) is 12.4. The molecule has 0 unspecified atom stereocenters. The molecule has 1 atom stereocenters. The highest BCUT2D eigenvalue weighted by Gasteiger charge is 2.45. The van der Waals surface area contributed by atoms with E-state index in [0.717, 1.165) is 31.4 Å². The van der Waals surface area contributed by atoms with E-state index in [-0.39, 0.29) is 5.41 Å². The number of carbonyl (C=O) groups excluding carboxylic acids is 1. The van der Waals surface area contributed by atoms with Crippen molar-refractivity contribution in [3.8, 4) is 5.75 Å². The molecule has 0 N–H and O–H groups in total. The van der Waals surface area contributed by atoms with Crippen molar-refractivity contribution in [2.75, 3.05) is 7.11 Å². The van der Waals surface area contributed by atoms with E-state index < -0.39 is 0 Å². The van der Waals surface area contributed by atoms with Crippen LogP contribution in [0.25, 0.3) is 5.57 Å². The summed E-state index contributed by atoms with van der Waals surface area (Å²) in [5.41, 5.74) is 6.51. The second-order valence-corrected chi connectivity index (χ2v) is 6.54. The number of fused-ring (bicyclic) bond motifs is 4. The van der Waals surface area contributed by atoms with Crippen molar-refractivity contribution in [1.29, 1.82) is 0 Å². The lowest BCUT2D eigenvalue weighted by Crippen LogP contribution is -2.35. The van der Waals surface area contributed by atoms with E-state index in [2.05, 4.69) is 25.1 Å². The molecule has 108 valence electrons. The van der Waals surface area contributed by atoms with Crippen LogP contribution in [0.1, 0.15) is 43.7 Å². The van der Waals surface area contributed by atoms with Crippen LogP contribution in [0.5, 0.6) is 5.75 Å². The number of rotatable bonds is 1. The average Bonchev–Trinajstić information content (AvgIpc) is 2.87. The molecule has 2 nitrogen and oxygen atoms in total. The third-order valence-corrected chi connectivity index (χ3v) is 5.50. The number of Topliss-reactive ketones (excluding diaryl/α,β-unsaturated/α-hetero) is 1. The van der Waals surface area contributed by atoms with Crippen molar-refractivity contribution in [3.05, 3.63) is 46.5 Å². The van der Waals surface area contributed by atoms with Crippen molar-refractivity contribution in [2.24, 2.45) is 5.41 Å². The van der Waals surface area contributed by atoms with Crippen LogP contribution in [-0.2, 0) is 11.2 Å². The van der Waals surface area contributed by atoms with Gasteiger partial charge in [0.25, 0.3) is 0 Å². The number of hydrogen-bond donors (Lipinski definition) is 0. The molecule has 1 aromatic rings. The van der Waals surface area contributed by atoms with E-state index in [9.17, 15) is 4.79 Å². The Bertz CT molecular complexity index is 708. The molecule has 2 heteroatoms. The molecular weight excluding hydrogens is 260 g/mol. The number of hydrogen-bond acceptors (Lipinski definition) is 2. The molecule has 0 aromatic heterocycles. The largest absolute Gasteiger partial charge is 0.496 e. The van der Waals surface area contributed by atoms with Gasteiger partial charge in [-0.2, -0.15) is 0 Å². The summed E-state index contributed by atoms with van der Waals surface area (Å²) in [5.74, 6) is 1.40. The Kier molecular flexibility index (Phi) is 2.66. The summed E-state index contributed by atoms with van der Waals surface area (Å²) in [7, 11) is 1.74. The standard InChI is InChI=1S/C19H20O2/c1-19-10-9-13-14(15(19)6-4-8-17(19)20)11-12-5-3-7-16(21-2)18(12)13/h3,5-7H,4,8-11H2,1-2H3/t19-/m1/s1. The molecule has 21 heavy (non-hydrogen) atoms. The quantitative estimate of drug-likeness (QED) is 0.774. The first-order chi connectivity index (χ1) is 10.1. The molecule has 0 aliphatic heterocycles. The van der Waals surface area contributed by atoms with Gasteiger partial charge in [-0.3, -0.25) is 4.79 Å². The number of ether oxygens (including phenoxy) is 1. The van der Waals surface area contributed by atoms with E-state index in [1.165, 1.54) is 27.8 Å². The molecule has 3 aliphatic rings. The minimum absolute atomic E-state index is 0.244. The highest BCUT2D eigenvalue weighted by molar-refractivity contribution is 5.95. The summed E-state index contributed by atoms with van der Waals surface area (Å²) in [6, 6.07) is 6.30. The zero-order chi connectivity index (χ0) is 14.6. The Morgan fingerprint density at radius 1 is 1.19 bits per heavy atom. The third-order valence-electron chi connectivity index (χ3n) is 5.50. The van der Waals surface area contributed by atoms with Gasteiger partial charge in [0.15, 0.2) is 0 Å². The fraction of sp³-hybridized carbons (Fsp3) is 0.421. The van der Waals surface area contributed by atoms with E-state index >= 15 is 0 Å². The fourth-order valence-electron chi connectivity index (χ4n) is 4.32. The zero-order valence-electron chi connectivity index (χ0n) is 12.7. The SMILES string of the molecule is COc1cccc2c1C1=C(C2)C2=CCCC(=O)[C@]2(C)CC1. The van der Waals surface area contributed by atoms with Crippen molar-refractivity contribution < 1.29 is 9.53 Å². The highest BCUT2D eigenvalue weighted by atomic mass is 16.5. The van der Waals surface area contributed by atoms with Crippen molar-refractivity contribution >= 4 is 11.4 Å². The van der Waals surface area contributed by atoms with Gasteiger partial charge in [0.05, 0.1) is 12.5 Å². The lowest BCUT2D eigenvalue weighted by atomic mass is 9.63. The predicted molar refractivity (Wildman–Crippen MR) is 83.3 cm³/mol. The molecule has 0 amide bonds. The summed E-state index contributed by atoms with van der Waals surface area (Å²) < 4.78 is 5.57. The van der Waals surface area contributed by atoms with Crippen LogP contribution in [0.2, 0.25) is 0 Å². The van der Waals surface area contributed by atoms with Crippen LogP contribution < -0.4 is 4.74 Å². The van der Waals surface area contributed by atoms with Gasteiger partial charge in [-0.15, -0.1) is 0 Å². The van der Waals surface area contributed by atoms with E-state index in [1.807, 2.05) is 6.07 Å². The maximum Gasteiger partial charge on any atom is 0.143 e. The first-order valence-corrected chi connectivity index (χ1v) is 7.78. The van der Waals surface area contributed by atoms with Crippen LogP contribution in [-0.4, -0.2) is 12.9 Å². The van der Waals surface area contributed by atoms with Gasteiger partial charge >= 0.3 is 0 Å². The molecule has 3 aliphatic carbocycles. The summed E-state index contributed by atoms with van der Waals surface area (Å²) in [6.07, 6.45) is 6.80. The Labute approximate surface area is 125 Å². The van der Waals surface area contributed by atoms with Crippen molar-refractivity contribution in [2.45, 2.75) is 39.0 Å². The number of methoxy groups -OCH3 is 1. The van der Waals surface area contributed by atoms with Gasteiger partial charge < -0.3 is 4.74 Å². The second-order valence-electron chi connectivity index (χ2n) is 6.54. The summed E-state index contributed by atoms with van der Waals surface area (Å²) in [5, 5.41) is 0. The fourth-order valence-corrected chi connectivity index (χ4v) is 4.32. The highest BCUT2D eigenvalue weighted by Crippen LogP contribution is 2.55. The minimum Gasteiger partial charge on any atom is -0.496 e. The van der Waals surface area contributed by atoms with Crippen LogP contribution in [0, 0.1) is 5.41 Å². The predicted octanol–water partition coefficient (Wildman–Crippen LogP) is 4.09. The van der Waals surface area contributed by atoms with E-state index in [1.54, 1.807) is 7.11 Å². The van der Waals surface area contributed by atoms with Gasteiger partial charge in [-0.05, 0) is 61.0 Å². The third kappa shape index (κ3) is 1.62. The van der Waals surface area contributed by atoms with Crippen LogP contribution in [0.4, 0.5) is 0 Å². The topological polar surface area (TPSA) is 26.3 Å². The lowest BCUT2D eigenvalue weighted by Gasteiger charge is -2.39. The van der Waals surface area contributed by atoms with Crippen LogP contribution in [0.15, 0.2) is 35.4 Å². The van der Waals surface area contributed by atoms with Gasteiger partial charge in [-0.1, -0.05) is 18.2 Å². The maximum absolute atomic E-state index is 12.4. The van der Waals surface area contributed by atoms with Crippen molar-refractivity contribution in [1.82, 2.24) is 0 Å². The molecule has 0 saturated heterocycles. The molecule has 0 fully saturated rings. The normalized spacial score (nSPS) is 27.0. The average molecular weight is 280 g/mol. The monoisotopic (exact) mass is 280 g/mol. The first kappa shape index (κ1) is 12.9. The lowest BCUT2D eigenvalue weighted by molar-refractivity contribution is -0.126. The van der Waals surface area contributed by atoms with E-state index in [4.69, 9.17) is 4.74 Å². The molecule has 1 aromatic carbocycles. The molecule has 4 rings (SSSR count). The summed E-state index contributed by atoms with van der Waals surface area (Å²) >= 11 is 0. The molecule has 0 radical (unpaired) electrons. The van der Waals surface area contributed by atoms with Gasteiger partial charge in [0.1, 0.15) is 11.5 Å². The van der Waals surface area contributed by atoms with E-state index in [0.29, 0.717) is 12.2 Å². The molecule has 0 saturated carbocycles. The molecule has 0 bridgehead atoms. The van der Waals surface area contributed by atoms with Gasteiger partial charge in [-0.25, -0.2) is 0 Å². The number of carbonyl (C=O) groups is 1. The Morgan fingerprint density at radius 2 is 2.05 bits per heavy atom. The number of allylic oxidation sites excluding steroid dienone is 4. The van der Waals surface area contributed by atoms with Gasteiger partial charge in [0, 0.05) is 12.0 Å². The second kappa shape index (κ2) is 4.33. The van der Waals surface area contributed by atoms with Gasteiger partial charge in [0.2, 0.25) is 0 Å². The minimum atomic E-state index is -0.244. The maximum atomic E-state index is 12.4. The molecular formula is C19H20O2. The Hall–Kier alpha value is -1.83. The first-order valence-electron chi connectivity index (χ1n) is 7.78. The number of ketones is 1. The summed E-state index contributed by atoms with van der Waals surface area (Å²) in [6.45, 7) is 2.14. The van der Waals surface area contributed by atoms with Crippen molar-refractivity contribution in [3.63, 3.8) is 0 Å². The zero-order valence-corrected chi connectivity index (χ0v) is 12.7. The molecule has 0 spiro atoms. The smallest absolute Gasteiger partial charge is 0.143 e. The van der Waals surface area contributed by atoms with Crippen LogP contribution >= 0.6 is 0 Å². The van der Waals surface area contributed by atoms with Crippen LogP contribution in [0.3, 0.4) is 0 Å². The Balaban J connectivity index is 1.89. The number of benzene rings is 1. The molecule has 0 heterocycles. The Morgan fingerprint density at radius 3 is 2.86 bits per heavy atom.